The zero-order valence-corrected chi connectivity index (χ0v) is 12.1. The van der Waals surface area contributed by atoms with E-state index in [9.17, 15) is 4.79 Å². The number of aryl methyl sites for hydroxylation is 1. The lowest BCUT2D eigenvalue weighted by Gasteiger charge is -2.21. The molecule has 0 aromatic heterocycles. The van der Waals surface area contributed by atoms with Crippen molar-refractivity contribution in [3.63, 3.8) is 0 Å². The van der Waals surface area contributed by atoms with Crippen LogP contribution in [-0.4, -0.2) is 11.4 Å². The Kier molecular flexibility index (Phi) is 3.68. The Morgan fingerprint density at radius 2 is 1.95 bits per heavy atom. The molecule has 1 aliphatic rings. The van der Waals surface area contributed by atoms with Crippen LogP contribution in [-0.2, 0) is 16.8 Å². The molecule has 2 rings (SSSR count). The number of carbonyl (C=O) groups excluding carboxylic acids is 1. The number of benzene rings is 1. The van der Waals surface area contributed by atoms with Gasteiger partial charge in [-0.15, -0.1) is 0 Å². The minimum absolute atomic E-state index is 0.101. The van der Waals surface area contributed by atoms with Crippen LogP contribution in [0.5, 0.6) is 0 Å². The minimum atomic E-state index is -0.165. The van der Waals surface area contributed by atoms with Gasteiger partial charge in [-0.2, -0.15) is 0 Å². The van der Waals surface area contributed by atoms with Crippen molar-refractivity contribution >= 4 is 5.91 Å². The quantitative estimate of drug-likeness (QED) is 0.874. The van der Waals surface area contributed by atoms with Gasteiger partial charge in [0.25, 0.3) is 0 Å². The summed E-state index contributed by atoms with van der Waals surface area (Å²) in [6, 6.07) is 8.24. The maximum absolute atomic E-state index is 11.9. The molecule has 3 N–H and O–H groups in total. The molecule has 1 aliphatic carbocycles. The summed E-state index contributed by atoms with van der Waals surface area (Å²) in [4.78, 5) is 11.9. The molecule has 1 amide bonds. The highest BCUT2D eigenvalue weighted by Gasteiger charge is 2.41. The van der Waals surface area contributed by atoms with E-state index >= 15 is 0 Å². The molecule has 0 aliphatic heterocycles. The van der Waals surface area contributed by atoms with Crippen LogP contribution in [0.2, 0.25) is 0 Å². The normalized spacial score (nSPS) is 17.1. The number of hydrogen-bond acceptors (Lipinski definition) is 2. The maximum atomic E-state index is 11.9. The topological polar surface area (TPSA) is 55.1 Å². The fourth-order valence-electron chi connectivity index (χ4n) is 2.36. The molecular formula is C16H24N2O. The Bertz CT molecular complexity index is 470. The van der Waals surface area contributed by atoms with Gasteiger partial charge in [-0.3, -0.25) is 4.79 Å². The zero-order valence-electron chi connectivity index (χ0n) is 12.1. The predicted octanol–water partition coefficient (Wildman–Crippen LogP) is 2.48. The van der Waals surface area contributed by atoms with Gasteiger partial charge >= 0.3 is 0 Å². The summed E-state index contributed by atoms with van der Waals surface area (Å²) < 4.78 is 0. The molecular weight excluding hydrogens is 236 g/mol. The third-order valence-electron chi connectivity index (χ3n) is 3.48. The lowest BCUT2D eigenvalue weighted by Crippen LogP contribution is -2.40. The number of nitrogens with one attached hydrogen (secondary N) is 1. The highest BCUT2D eigenvalue weighted by molar-refractivity contribution is 5.77. The van der Waals surface area contributed by atoms with E-state index in [0.29, 0.717) is 6.42 Å². The molecule has 3 heteroatoms. The summed E-state index contributed by atoms with van der Waals surface area (Å²) in [6.07, 6.45) is 3.39. The van der Waals surface area contributed by atoms with Crippen LogP contribution in [0.1, 0.15) is 51.2 Å². The van der Waals surface area contributed by atoms with Crippen molar-refractivity contribution in [2.24, 2.45) is 5.73 Å². The van der Waals surface area contributed by atoms with Gasteiger partial charge in [-0.1, -0.05) is 24.3 Å². The van der Waals surface area contributed by atoms with E-state index in [1.165, 1.54) is 11.1 Å². The summed E-state index contributed by atoms with van der Waals surface area (Å²) in [6.45, 7) is 5.99. The standard InChI is InChI=1S/C16H24N2O/c1-15(2,3)18-14(19)9-8-12-6-4-5-7-13(12)16(17)10-11-16/h4-7H,8-11,17H2,1-3H3,(H,18,19). The van der Waals surface area contributed by atoms with Crippen LogP contribution in [0, 0.1) is 0 Å². The molecule has 0 atom stereocenters. The van der Waals surface area contributed by atoms with E-state index in [4.69, 9.17) is 5.73 Å². The Balaban J connectivity index is 1.99. The predicted molar refractivity (Wildman–Crippen MR) is 77.8 cm³/mol. The number of hydrogen-bond donors (Lipinski definition) is 2. The molecule has 0 radical (unpaired) electrons. The molecule has 1 aromatic rings. The monoisotopic (exact) mass is 260 g/mol. The first-order chi connectivity index (χ1) is 8.80. The van der Waals surface area contributed by atoms with Crippen LogP contribution >= 0.6 is 0 Å². The van der Waals surface area contributed by atoms with Gasteiger partial charge in [-0.25, -0.2) is 0 Å². The summed E-state index contributed by atoms with van der Waals surface area (Å²) >= 11 is 0. The largest absolute Gasteiger partial charge is 0.351 e. The van der Waals surface area contributed by atoms with E-state index in [0.717, 1.165) is 19.3 Å². The lowest BCUT2D eigenvalue weighted by atomic mass is 9.95. The molecule has 0 spiro atoms. The van der Waals surface area contributed by atoms with Crippen molar-refractivity contribution in [3.8, 4) is 0 Å². The molecule has 1 saturated carbocycles. The summed E-state index contributed by atoms with van der Waals surface area (Å²) in [7, 11) is 0. The van der Waals surface area contributed by atoms with Crippen LogP contribution in [0.15, 0.2) is 24.3 Å². The van der Waals surface area contributed by atoms with Gasteiger partial charge in [0.05, 0.1) is 0 Å². The first-order valence-electron chi connectivity index (χ1n) is 6.98. The van der Waals surface area contributed by atoms with Crippen LogP contribution < -0.4 is 11.1 Å². The Hall–Kier alpha value is -1.35. The second kappa shape index (κ2) is 4.97. The Morgan fingerprint density at radius 3 is 2.53 bits per heavy atom. The first-order valence-corrected chi connectivity index (χ1v) is 6.98. The first kappa shape index (κ1) is 14.1. The summed E-state index contributed by atoms with van der Waals surface area (Å²) in [5.74, 6) is 0.101. The molecule has 0 saturated heterocycles. The van der Waals surface area contributed by atoms with Gasteiger partial charge < -0.3 is 11.1 Å². The van der Waals surface area contributed by atoms with Crippen molar-refractivity contribution in [2.45, 2.75) is 57.5 Å². The maximum Gasteiger partial charge on any atom is 0.220 e. The van der Waals surface area contributed by atoms with Crippen molar-refractivity contribution in [1.82, 2.24) is 5.32 Å². The number of carbonyl (C=O) groups is 1. The smallest absolute Gasteiger partial charge is 0.220 e. The summed E-state index contributed by atoms with van der Waals surface area (Å²) in [5, 5.41) is 2.99. The van der Waals surface area contributed by atoms with E-state index < -0.39 is 0 Å². The van der Waals surface area contributed by atoms with Crippen molar-refractivity contribution < 1.29 is 4.79 Å². The molecule has 1 aromatic carbocycles. The van der Waals surface area contributed by atoms with E-state index in [2.05, 4.69) is 17.4 Å². The number of amides is 1. The van der Waals surface area contributed by atoms with Crippen molar-refractivity contribution in [3.05, 3.63) is 35.4 Å². The molecule has 0 unspecified atom stereocenters. The van der Waals surface area contributed by atoms with Crippen molar-refractivity contribution in [2.75, 3.05) is 0 Å². The van der Waals surface area contributed by atoms with Crippen LogP contribution in [0.4, 0.5) is 0 Å². The van der Waals surface area contributed by atoms with Crippen LogP contribution in [0.25, 0.3) is 0 Å². The second-order valence-electron chi connectivity index (χ2n) is 6.61. The molecule has 3 nitrogen and oxygen atoms in total. The van der Waals surface area contributed by atoms with E-state index in [1.54, 1.807) is 0 Å². The zero-order chi connectivity index (χ0) is 14.1. The van der Waals surface area contributed by atoms with Gasteiger partial charge in [0, 0.05) is 17.5 Å². The fourth-order valence-corrected chi connectivity index (χ4v) is 2.36. The number of nitrogens with two attached hydrogens (primary N) is 1. The number of rotatable bonds is 4. The van der Waals surface area contributed by atoms with Gasteiger partial charge in [0.1, 0.15) is 0 Å². The Labute approximate surface area is 115 Å². The molecule has 19 heavy (non-hydrogen) atoms. The van der Waals surface area contributed by atoms with E-state index in [-0.39, 0.29) is 17.0 Å². The average molecular weight is 260 g/mol. The summed E-state index contributed by atoms with van der Waals surface area (Å²) in [5.41, 5.74) is 8.42. The third-order valence-corrected chi connectivity index (χ3v) is 3.48. The average Bonchev–Trinajstić information content (AvgIpc) is 3.04. The molecule has 1 fully saturated rings. The van der Waals surface area contributed by atoms with Crippen LogP contribution in [0.3, 0.4) is 0 Å². The molecule has 0 heterocycles. The van der Waals surface area contributed by atoms with Gasteiger partial charge in [0.2, 0.25) is 5.91 Å². The SMILES string of the molecule is CC(C)(C)NC(=O)CCc1ccccc1C1(N)CC1. The van der Waals surface area contributed by atoms with Crippen molar-refractivity contribution in [1.29, 1.82) is 0 Å². The fraction of sp³-hybridized carbons (Fsp3) is 0.562. The molecule has 0 bridgehead atoms. The lowest BCUT2D eigenvalue weighted by molar-refractivity contribution is -0.122. The highest BCUT2D eigenvalue weighted by atomic mass is 16.1. The Morgan fingerprint density at radius 1 is 1.32 bits per heavy atom. The third kappa shape index (κ3) is 3.80. The highest BCUT2D eigenvalue weighted by Crippen LogP contribution is 2.44. The second-order valence-corrected chi connectivity index (χ2v) is 6.61. The van der Waals surface area contributed by atoms with Gasteiger partial charge in [-0.05, 0) is 51.2 Å². The minimum Gasteiger partial charge on any atom is -0.351 e. The molecule has 104 valence electrons. The van der Waals surface area contributed by atoms with E-state index in [1.807, 2.05) is 32.9 Å². The van der Waals surface area contributed by atoms with Gasteiger partial charge in [0.15, 0.2) is 0 Å².